The van der Waals surface area contributed by atoms with Gasteiger partial charge in [0.1, 0.15) is 31.0 Å². The lowest BCUT2D eigenvalue weighted by Gasteiger charge is -2.36. The lowest BCUT2D eigenvalue weighted by Crippen LogP contribution is -2.56. The van der Waals surface area contributed by atoms with Crippen molar-refractivity contribution in [1.29, 1.82) is 0 Å². The fraction of sp³-hybridized carbons (Fsp3) is 0.769. The van der Waals surface area contributed by atoms with Crippen LogP contribution in [-0.4, -0.2) is 67.4 Å². The molecule has 196 valence electrons. The molecule has 0 radical (unpaired) electrons. The summed E-state index contributed by atoms with van der Waals surface area (Å²) in [4.78, 5) is 23.7. The molecule has 3 saturated heterocycles. The monoisotopic (exact) mass is 494 g/mol. The third kappa shape index (κ3) is 5.64. The fourth-order valence-electron chi connectivity index (χ4n) is 5.64. The summed E-state index contributed by atoms with van der Waals surface area (Å²) < 4.78 is 42.3. The minimum Gasteiger partial charge on any atom is -0.460 e. The predicted octanol–water partition coefficient (Wildman–Crippen LogP) is 3.70. The minimum absolute atomic E-state index is 0.0519. The van der Waals surface area contributed by atoms with Crippen molar-refractivity contribution in [2.24, 2.45) is 0 Å². The maximum Gasteiger partial charge on any atom is 0.344 e. The number of carbonyl (C=O) groups is 2. The van der Waals surface area contributed by atoms with Crippen LogP contribution in [0.25, 0.3) is 0 Å². The van der Waals surface area contributed by atoms with Gasteiger partial charge in [-0.3, -0.25) is 0 Å². The van der Waals surface area contributed by atoms with E-state index in [-0.39, 0.29) is 24.4 Å². The van der Waals surface area contributed by atoms with Crippen LogP contribution in [0.4, 0.5) is 0 Å². The van der Waals surface area contributed by atoms with Gasteiger partial charge >= 0.3 is 11.9 Å². The normalized spacial score (nSPS) is 34.3. The first kappa shape index (κ1) is 26.3. The highest BCUT2D eigenvalue weighted by Crippen LogP contribution is 2.50. The molecular formula is C26H38O9. The average molecular weight is 495 g/mol. The molecule has 35 heavy (non-hydrogen) atoms. The Kier molecular flexibility index (Phi) is 8.33. The molecule has 0 aromatic rings. The van der Waals surface area contributed by atoms with Gasteiger partial charge in [-0.1, -0.05) is 19.4 Å². The largest absolute Gasteiger partial charge is 0.460 e. The van der Waals surface area contributed by atoms with E-state index in [1.807, 2.05) is 0 Å². The van der Waals surface area contributed by atoms with Crippen molar-refractivity contribution >= 4 is 11.9 Å². The SMILES string of the molecule is C=C.C=C(C)C(=O)OCC(=O)OCC1O[C@@H]2OC3(CCCCC3)O[C@@H]2C2OC3(CCCCC3)OC12. The predicted molar refractivity (Wildman–Crippen MR) is 124 cm³/mol. The summed E-state index contributed by atoms with van der Waals surface area (Å²) in [7, 11) is 0. The van der Waals surface area contributed by atoms with Crippen molar-refractivity contribution in [3.8, 4) is 0 Å². The molecule has 0 aromatic carbocycles. The highest BCUT2D eigenvalue weighted by atomic mass is 16.9. The maximum absolute atomic E-state index is 12.2. The summed E-state index contributed by atoms with van der Waals surface area (Å²) >= 11 is 0. The van der Waals surface area contributed by atoms with Gasteiger partial charge < -0.3 is 33.2 Å². The van der Waals surface area contributed by atoms with Crippen LogP contribution in [-0.2, 0) is 42.7 Å². The first-order valence-electron chi connectivity index (χ1n) is 12.7. The van der Waals surface area contributed by atoms with Crippen LogP contribution in [0.1, 0.15) is 71.1 Å². The molecule has 9 nitrogen and oxygen atoms in total. The number of esters is 2. The molecule has 0 bridgehead atoms. The zero-order valence-corrected chi connectivity index (χ0v) is 20.7. The molecule has 5 aliphatic rings. The van der Waals surface area contributed by atoms with E-state index >= 15 is 0 Å². The molecule has 9 heteroatoms. The molecule has 0 aromatic heterocycles. The Morgan fingerprint density at radius 2 is 1.34 bits per heavy atom. The lowest BCUT2D eigenvalue weighted by molar-refractivity contribution is -0.255. The van der Waals surface area contributed by atoms with Crippen LogP contribution in [0.15, 0.2) is 25.3 Å². The first-order chi connectivity index (χ1) is 16.9. The van der Waals surface area contributed by atoms with E-state index in [9.17, 15) is 9.59 Å². The topological polar surface area (TPSA) is 98.8 Å². The Balaban J connectivity index is 0.00000141. The van der Waals surface area contributed by atoms with Gasteiger partial charge in [-0.15, -0.1) is 13.2 Å². The molecule has 0 N–H and O–H groups in total. The smallest absolute Gasteiger partial charge is 0.344 e. The van der Waals surface area contributed by atoms with Gasteiger partial charge in [0, 0.05) is 31.3 Å². The van der Waals surface area contributed by atoms with Crippen LogP contribution < -0.4 is 0 Å². The van der Waals surface area contributed by atoms with Crippen molar-refractivity contribution in [3.05, 3.63) is 25.3 Å². The average Bonchev–Trinajstić information content (AvgIpc) is 3.41. The molecule has 5 fully saturated rings. The quantitative estimate of drug-likeness (QED) is 0.322. The molecule has 5 atom stereocenters. The van der Waals surface area contributed by atoms with E-state index in [0.29, 0.717) is 0 Å². The number of fused-ring (bicyclic) bond motifs is 3. The fourth-order valence-corrected chi connectivity index (χ4v) is 5.64. The van der Waals surface area contributed by atoms with Gasteiger partial charge in [-0.25, -0.2) is 9.59 Å². The molecule has 3 unspecified atom stereocenters. The van der Waals surface area contributed by atoms with Crippen LogP contribution in [0, 0.1) is 0 Å². The van der Waals surface area contributed by atoms with E-state index in [1.54, 1.807) is 0 Å². The Morgan fingerprint density at radius 1 is 0.800 bits per heavy atom. The van der Waals surface area contributed by atoms with Crippen molar-refractivity contribution < 1.29 is 42.7 Å². The van der Waals surface area contributed by atoms with Crippen LogP contribution >= 0.6 is 0 Å². The van der Waals surface area contributed by atoms with Crippen LogP contribution in [0.5, 0.6) is 0 Å². The Morgan fingerprint density at radius 3 is 1.94 bits per heavy atom. The van der Waals surface area contributed by atoms with E-state index in [1.165, 1.54) is 19.8 Å². The molecule has 3 heterocycles. The first-order valence-corrected chi connectivity index (χ1v) is 12.7. The molecule has 2 aliphatic carbocycles. The molecular weight excluding hydrogens is 456 g/mol. The van der Waals surface area contributed by atoms with Gasteiger partial charge in [-0.2, -0.15) is 0 Å². The number of hydrogen-bond donors (Lipinski definition) is 0. The Hall–Kier alpha value is -1.78. The van der Waals surface area contributed by atoms with Gasteiger partial charge in [0.05, 0.1) is 0 Å². The summed E-state index contributed by atoms with van der Waals surface area (Å²) in [5.74, 6) is -2.57. The van der Waals surface area contributed by atoms with Gasteiger partial charge in [0.25, 0.3) is 0 Å². The van der Waals surface area contributed by atoms with Crippen molar-refractivity contribution in [3.63, 3.8) is 0 Å². The van der Waals surface area contributed by atoms with Gasteiger partial charge in [-0.05, 0) is 32.6 Å². The second-order valence-corrected chi connectivity index (χ2v) is 9.89. The Labute approximate surface area is 207 Å². The summed E-state index contributed by atoms with van der Waals surface area (Å²) in [6, 6.07) is 0. The maximum atomic E-state index is 12.2. The number of hydrogen-bond acceptors (Lipinski definition) is 9. The van der Waals surface area contributed by atoms with Crippen LogP contribution in [0.3, 0.4) is 0 Å². The number of carbonyl (C=O) groups excluding carboxylic acids is 2. The van der Waals surface area contributed by atoms with Crippen molar-refractivity contribution in [1.82, 2.24) is 0 Å². The minimum atomic E-state index is -0.662. The molecule has 2 saturated carbocycles. The van der Waals surface area contributed by atoms with Crippen LogP contribution in [0.2, 0.25) is 0 Å². The third-order valence-corrected chi connectivity index (χ3v) is 7.28. The second-order valence-electron chi connectivity index (χ2n) is 9.89. The summed E-state index contributed by atoms with van der Waals surface area (Å²) in [5, 5.41) is 0. The zero-order valence-electron chi connectivity index (χ0n) is 20.7. The molecule has 3 aliphatic heterocycles. The highest BCUT2D eigenvalue weighted by Gasteiger charge is 2.64. The third-order valence-electron chi connectivity index (χ3n) is 7.28. The van der Waals surface area contributed by atoms with E-state index in [4.69, 9.17) is 33.2 Å². The lowest BCUT2D eigenvalue weighted by atomic mass is 9.94. The van der Waals surface area contributed by atoms with E-state index < -0.39 is 48.6 Å². The zero-order chi connectivity index (χ0) is 25.1. The van der Waals surface area contributed by atoms with E-state index in [2.05, 4.69) is 19.7 Å². The standard InChI is InChI=1S/C24H34O9.C2H4/c1-15(2)21(26)28-14-17(25)27-13-16-18-19(31-23(30-18)9-5-3-6-10-23)20-22(29-16)33-24(32-20)11-7-4-8-12-24;1-2/h16,18-20,22H,1,3-14H2,2H3;1-2H2/t16?,18?,19?,20-,22-;/m1./s1. The molecule has 5 rings (SSSR count). The number of rotatable bonds is 5. The summed E-state index contributed by atoms with van der Waals surface area (Å²) in [6.45, 7) is 10.5. The summed E-state index contributed by atoms with van der Waals surface area (Å²) in [5.41, 5.74) is 0.219. The molecule has 0 amide bonds. The van der Waals surface area contributed by atoms with Gasteiger partial charge in [0.15, 0.2) is 24.5 Å². The summed E-state index contributed by atoms with van der Waals surface area (Å²) in [6.07, 6.45) is 7.53. The van der Waals surface area contributed by atoms with Gasteiger partial charge in [0.2, 0.25) is 0 Å². The highest BCUT2D eigenvalue weighted by molar-refractivity contribution is 5.88. The molecule has 2 spiro atoms. The van der Waals surface area contributed by atoms with Crippen molar-refractivity contribution in [2.45, 2.75) is 113 Å². The van der Waals surface area contributed by atoms with Crippen molar-refractivity contribution in [2.75, 3.05) is 13.2 Å². The second kappa shape index (κ2) is 11.1. The Bertz CT molecular complexity index is 784. The number of ether oxygens (including phenoxy) is 7. The van der Waals surface area contributed by atoms with E-state index in [0.717, 1.165) is 51.4 Å².